The Labute approximate surface area is 99.7 Å². The van der Waals surface area contributed by atoms with Gasteiger partial charge in [-0.3, -0.25) is 4.79 Å². The minimum Gasteiger partial charge on any atom is -0.390 e. The fraction of sp³-hybridized carbons (Fsp3) is 0.455. The smallest absolute Gasteiger partial charge is 0.220 e. The molecule has 0 aromatic carbocycles. The first-order valence-electron chi connectivity index (χ1n) is 5.19. The Balaban J connectivity index is 2.75. The summed E-state index contributed by atoms with van der Waals surface area (Å²) in [5, 5.41) is 19.3. The normalized spacial score (nSPS) is 14.1. The highest BCUT2D eigenvalue weighted by atomic mass is 16.3. The summed E-state index contributed by atoms with van der Waals surface area (Å²) in [4.78, 5) is 16.5. The third-order valence-corrected chi connectivity index (χ3v) is 2.35. The second-order valence-corrected chi connectivity index (χ2v) is 4.03. The van der Waals surface area contributed by atoms with E-state index in [0.29, 0.717) is 5.56 Å². The van der Waals surface area contributed by atoms with Crippen molar-refractivity contribution in [3.8, 4) is 0 Å². The number of carbonyl (C=O) groups is 1. The molecule has 0 bridgehead atoms. The maximum absolute atomic E-state index is 10.6. The van der Waals surface area contributed by atoms with Crippen LogP contribution in [0, 0.1) is 0 Å². The number of hydrogen-bond donors (Lipinski definition) is 3. The van der Waals surface area contributed by atoms with Gasteiger partial charge in [-0.05, 0) is 6.07 Å². The summed E-state index contributed by atoms with van der Waals surface area (Å²) in [6, 6.07) is 3.37. The summed E-state index contributed by atoms with van der Waals surface area (Å²) in [5.74, 6) is 0.0831. The second-order valence-electron chi connectivity index (χ2n) is 4.03. The number of aliphatic hydroxyl groups excluding tert-OH is 2. The molecule has 6 heteroatoms. The molecule has 0 radical (unpaired) electrons. The Hall–Kier alpha value is -1.66. The molecule has 0 aliphatic carbocycles. The van der Waals surface area contributed by atoms with Gasteiger partial charge in [0.2, 0.25) is 5.91 Å². The number of anilines is 1. The molecule has 1 aromatic heterocycles. The topological polar surface area (TPSA) is 99.7 Å². The van der Waals surface area contributed by atoms with Crippen LogP contribution in [-0.2, 0) is 4.79 Å². The number of aliphatic hydroxyl groups is 2. The van der Waals surface area contributed by atoms with Crippen LogP contribution in [0.25, 0.3) is 0 Å². The van der Waals surface area contributed by atoms with Crippen LogP contribution in [0.15, 0.2) is 18.3 Å². The van der Waals surface area contributed by atoms with Gasteiger partial charge in [0.15, 0.2) is 0 Å². The van der Waals surface area contributed by atoms with Crippen LogP contribution >= 0.6 is 0 Å². The van der Waals surface area contributed by atoms with Crippen LogP contribution in [0.1, 0.15) is 18.1 Å². The Morgan fingerprint density at radius 2 is 2.12 bits per heavy atom. The molecule has 94 valence electrons. The zero-order valence-electron chi connectivity index (χ0n) is 9.87. The van der Waals surface area contributed by atoms with Crippen LogP contribution in [0.2, 0.25) is 0 Å². The van der Waals surface area contributed by atoms with Crippen molar-refractivity contribution in [2.45, 2.75) is 18.6 Å². The molecule has 2 atom stereocenters. The highest BCUT2D eigenvalue weighted by Crippen LogP contribution is 2.19. The number of carbonyl (C=O) groups excluding carboxylic acids is 1. The van der Waals surface area contributed by atoms with Gasteiger partial charge >= 0.3 is 0 Å². The fourth-order valence-electron chi connectivity index (χ4n) is 1.38. The van der Waals surface area contributed by atoms with Crippen LogP contribution < -0.4 is 10.6 Å². The van der Waals surface area contributed by atoms with Crippen molar-refractivity contribution in [3.05, 3.63) is 23.9 Å². The highest BCUT2D eigenvalue weighted by Gasteiger charge is 2.20. The average molecular weight is 239 g/mol. The van der Waals surface area contributed by atoms with E-state index in [1.54, 1.807) is 12.1 Å². The number of rotatable bonds is 5. The standard InChI is InChI=1S/C11H17N3O3/c1-14(2)10-4-3-7(6-13-10)11(17)8(15)5-9(12)16/h3-4,6,8,11,15,17H,5H2,1-2H3,(H2,12,16). The van der Waals surface area contributed by atoms with Crippen molar-refractivity contribution in [1.82, 2.24) is 4.98 Å². The third-order valence-electron chi connectivity index (χ3n) is 2.35. The SMILES string of the molecule is CN(C)c1ccc(C(O)C(O)CC(N)=O)cn1. The molecule has 1 amide bonds. The van der Waals surface area contributed by atoms with Gasteiger partial charge in [-0.1, -0.05) is 6.07 Å². The van der Waals surface area contributed by atoms with Gasteiger partial charge in [0, 0.05) is 25.9 Å². The molecule has 1 heterocycles. The molecule has 0 saturated heterocycles. The van der Waals surface area contributed by atoms with Crippen molar-refractivity contribution < 1.29 is 15.0 Å². The first-order chi connectivity index (χ1) is 7.91. The van der Waals surface area contributed by atoms with Crippen molar-refractivity contribution in [2.24, 2.45) is 5.73 Å². The quantitative estimate of drug-likeness (QED) is 0.638. The molecular formula is C11H17N3O3. The Morgan fingerprint density at radius 1 is 1.47 bits per heavy atom. The lowest BCUT2D eigenvalue weighted by atomic mass is 10.0. The fourth-order valence-corrected chi connectivity index (χ4v) is 1.38. The Bertz CT molecular complexity index is 378. The second kappa shape index (κ2) is 5.60. The van der Waals surface area contributed by atoms with Crippen LogP contribution in [0.4, 0.5) is 5.82 Å². The molecule has 17 heavy (non-hydrogen) atoms. The van der Waals surface area contributed by atoms with Crippen molar-refractivity contribution in [1.29, 1.82) is 0 Å². The summed E-state index contributed by atoms with van der Waals surface area (Å²) in [5.41, 5.74) is 5.39. The number of primary amides is 1. The van der Waals surface area contributed by atoms with Crippen LogP contribution in [0.3, 0.4) is 0 Å². The van der Waals surface area contributed by atoms with E-state index in [1.165, 1.54) is 6.20 Å². The lowest BCUT2D eigenvalue weighted by Crippen LogP contribution is -2.25. The van der Waals surface area contributed by atoms with Gasteiger partial charge in [0.05, 0.1) is 12.5 Å². The van der Waals surface area contributed by atoms with E-state index < -0.39 is 18.1 Å². The van der Waals surface area contributed by atoms with Crippen molar-refractivity contribution in [2.75, 3.05) is 19.0 Å². The zero-order chi connectivity index (χ0) is 13.0. The molecule has 1 rings (SSSR count). The van der Waals surface area contributed by atoms with Gasteiger partial charge in [0.25, 0.3) is 0 Å². The molecule has 1 aromatic rings. The predicted octanol–water partition coefficient (Wildman–Crippen LogP) is -0.583. The monoisotopic (exact) mass is 239 g/mol. The number of hydrogen-bond acceptors (Lipinski definition) is 5. The molecule has 6 nitrogen and oxygen atoms in total. The van der Waals surface area contributed by atoms with E-state index >= 15 is 0 Å². The number of nitrogens with zero attached hydrogens (tertiary/aromatic N) is 2. The summed E-state index contributed by atoms with van der Waals surface area (Å²) < 4.78 is 0. The van der Waals surface area contributed by atoms with Gasteiger partial charge in [-0.15, -0.1) is 0 Å². The van der Waals surface area contributed by atoms with E-state index in [2.05, 4.69) is 4.98 Å². The molecular weight excluding hydrogens is 222 g/mol. The van der Waals surface area contributed by atoms with Crippen molar-refractivity contribution in [3.63, 3.8) is 0 Å². The summed E-state index contributed by atoms with van der Waals surface area (Å²) in [7, 11) is 3.70. The molecule has 0 saturated carbocycles. The van der Waals surface area contributed by atoms with Crippen molar-refractivity contribution >= 4 is 11.7 Å². The molecule has 2 unspecified atom stereocenters. The number of amides is 1. The molecule has 0 aliphatic heterocycles. The minimum absolute atomic E-state index is 0.281. The van der Waals surface area contributed by atoms with Gasteiger partial charge in [-0.2, -0.15) is 0 Å². The summed E-state index contributed by atoms with van der Waals surface area (Å²) in [6.07, 6.45) is -1.19. The van der Waals surface area contributed by atoms with Gasteiger partial charge < -0.3 is 20.8 Å². The zero-order valence-corrected chi connectivity index (χ0v) is 9.87. The lowest BCUT2D eigenvalue weighted by molar-refractivity contribution is -0.121. The van der Waals surface area contributed by atoms with Gasteiger partial charge in [-0.25, -0.2) is 4.98 Å². The Kier molecular flexibility index (Phi) is 4.42. The first-order valence-corrected chi connectivity index (χ1v) is 5.19. The lowest BCUT2D eigenvalue weighted by Gasteiger charge is -2.17. The summed E-state index contributed by atoms with van der Waals surface area (Å²) in [6.45, 7) is 0. The van der Waals surface area contributed by atoms with Gasteiger partial charge in [0.1, 0.15) is 11.9 Å². The molecule has 0 aliphatic rings. The Morgan fingerprint density at radius 3 is 2.53 bits per heavy atom. The number of nitrogens with two attached hydrogens (primary N) is 1. The van der Waals surface area contributed by atoms with E-state index in [1.807, 2.05) is 19.0 Å². The van der Waals surface area contributed by atoms with E-state index in [4.69, 9.17) is 5.73 Å². The third kappa shape index (κ3) is 3.69. The average Bonchev–Trinajstić information content (AvgIpc) is 2.27. The maximum Gasteiger partial charge on any atom is 0.220 e. The number of pyridine rings is 1. The molecule has 4 N–H and O–H groups in total. The molecule has 0 fully saturated rings. The van der Waals surface area contributed by atoms with Crippen LogP contribution in [-0.4, -0.2) is 41.3 Å². The van der Waals surface area contributed by atoms with E-state index in [-0.39, 0.29) is 6.42 Å². The van der Waals surface area contributed by atoms with Crippen LogP contribution in [0.5, 0.6) is 0 Å². The first kappa shape index (κ1) is 13.4. The number of aromatic nitrogens is 1. The predicted molar refractivity (Wildman–Crippen MR) is 63.3 cm³/mol. The molecule has 0 spiro atoms. The van der Waals surface area contributed by atoms with E-state index in [9.17, 15) is 15.0 Å². The minimum atomic E-state index is -1.21. The maximum atomic E-state index is 10.6. The largest absolute Gasteiger partial charge is 0.390 e. The summed E-state index contributed by atoms with van der Waals surface area (Å²) >= 11 is 0. The highest BCUT2D eigenvalue weighted by molar-refractivity contribution is 5.74. The van der Waals surface area contributed by atoms with E-state index in [0.717, 1.165) is 5.82 Å².